The van der Waals surface area contributed by atoms with Crippen LogP contribution in [0.4, 0.5) is 11.4 Å². The number of carbonyl (C=O) groups is 2. The first kappa shape index (κ1) is 18.3. The molecule has 1 aliphatic rings. The van der Waals surface area contributed by atoms with Gasteiger partial charge < -0.3 is 10.4 Å². The zero-order valence-corrected chi connectivity index (χ0v) is 16.1. The number of hydrogen-bond acceptors (Lipinski definition) is 5. The van der Waals surface area contributed by atoms with Crippen molar-refractivity contribution in [3.05, 3.63) is 72.2 Å². The number of nitro benzene ring substituents is 1. The molecule has 0 radical (unpaired) electrons. The fourth-order valence-corrected chi connectivity index (χ4v) is 3.69. The Morgan fingerprint density at radius 3 is 2.50 bits per heavy atom. The second-order valence-electron chi connectivity index (χ2n) is 5.55. The lowest BCUT2D eigenvalue weighted by Gasteiger charge is -2.18. The van der Waals surface area contributed by atoms with Gasteiger partial charge in [-0.15, -0.1) is 0 Å². The Balaban J connectivity index is 1.91. The Morgan fingerprint density at radius 2 is 1.88 bits per heavy atom. The maximum Gasteiger partial charge on any atom is 0.271 e. The molecule has 0 fully saturated rings. The van der Waals surface area contributed by atoms with E-state index in [1.54, 1.807) is 6.07 Å². The predicted molar refractivity (Wildman–Crippen MR) is 101 cm³/mol. The fourth-order valence-electron chi connectivity index (χ4n) is 2.50. The first-order valence-electron chi connectivity index (χ1n) is 7.28. The van der Waals surface area contributed by atoms with Gasteiger partial charge in [0.2, 0.25) is 0 Å². The van der Waals surface area contributed by atoms with Gasteiger partial charge in [0, 0.05) is 29.7 Å². The van der Waals surface area contributed by atoms with Crippen LogP contribution in [0.3, 0.4) is 0 Å². The van der Waals surface area contributed by atoms with E-state index in [9.17, 15) is 24.8 Å². The molecule has 0 spiro atoms. The predicted octanol–water partition coefficient (Wildman–Crippen LogP) is 4.13. The Bertz CT molecular complexity index is 978. The van der Waals surface area contributed by atoms with Gasteiger partial charge in [-0.1, -0.05) is 0 Å². The topological polar surface area (TPSA) is 110 Å². The van der Waals surface area contributed by atoms with Crippen molar-refractivity contribution in [2.75, 3.05) is 5.32 Å². The molecule has 0 saturated carbocycles. The van der Waals surface area contributed by atoms with Crippen molar-refractivity contribution in [1.29, 1.82) is 0 Å². The SMILES string of the molecule is O=C1Nc2cc([N+](=O)[O-])ccc2C/C1=C\C(=O)c1cc(Br)c(O)c(Br)c1. The molecule has 7 nitrogen and oxygen atoms in total. The molecule has 0 unspecified atom stereocenters. The molecule has 26 heavy (non-hydrogen) atoms. The van der Waals surface area contributed by atoms with Gasteiger partial charge in [0.15, 0.2) is 5.78 Å². The van der Waals surface area contributed by atoms with E-state index in [-0.39, 0.29) is 29.0 Å². The van der Waals surface area contributed by atoms with Crippen LogP contribution in [0.2, 0.25) is 0 Å². The number of nitro groups is 1. The smallest absolute Gasteiger partial charge is 0.271 e. The first-order chi connectivity index (χ1) is 12.3. The third-order valence-corrected chi connectivity index (χ3v) is 5.04. The summed E-state index contributed by atoms with van der Waals surface area (Å²) in [6.45, 7) is 0. The van der Waals surface area contributed by atoms with Gasteiger partial charge in [0.1, 0.15) is 5.75 Å². The zero-order chi connectivity index (χ0) is 19.0. The number of carbonyl (C=O) groups excluding carboxylic acids is 2. The number of nitrogens with zero attached hydrogens (tertiary/aromatic N) is 1. The maximum absolute atomic E-state index is 12.5. The van der Waals surface area contributed by atoms with Crippen LogP contribution < -0.4 is 5.32 Å². The van der Waals surface area contributed by atoms with Crippen molar-refractivity contribution in [3.8, 4) is 5.75 Å². The number of ketones is 1. The Kier molecular flexibility index (Phi) is 4.92. The molecule has 0 bridgehead atoms. The van der Waals surface area contributed by atoms with Crippen LogP contribution in [0.15, 0.2) is 50.9 Å². The van der Waals surface area contributed by atoms with Gasteiger partial charge in [-0.3, -0.25) is 19.7 Å². The summed E-state index contributed by atoms with van der Waals surface area (Å²) in [5.41, 5.74) is 1.46. The highest BCUT2D eigenvalue weighted by Crippen LogP contribution is 2.34. The monoisotopic (exact) mass is 480 g/mol. The zero-order valence-electron chi connectivity index (χ0n) is 13.0. The summed E-state index contributed by atoms with van der Waals surface area (Å²) in [6, 6.07) is 7.11. The minimum Gasteiger partial charge on any atom is -0.506 e. The van der Waals surface area contributed by atoms with Gasteiger partial charge in [0.05, 0.1) is 19.6 Å². The van der Waals surface area contributed by atoms with E-state index in [2.05, 4.69) is 37.2 Å². The lowest BCUT2D eigenvalue weighted by Crippen LogP contribution is -2.23. The van der Waals surface area contributed by atoms with E-state index in [4.69, 9.17) is 0 Å². The normalized spacial score (nSPS) is 14.7. The number of phenolic OH excluding ortho intramolecular Hbond substituents is 1. The van der Waals surface area contributed by atoms with Crippen LogP contribution >= 0.6 is 31.9 Å². The Labute approximate surface area is 164 Å². The van der Waals surface area contributed by atoms with Crippen molar-refractivity contribution < 1.29 is 19.6 Å². The number of fused-ring (bicyclic) bond motifs is 1. The lowest BCUT2D eigenvalue weighted by atomic mass is 9.96. The molecule has 1 heterocycles. The summed E-state index contributed by atoms with van der Waals surface area (Å²) in [5.74, 6) is -0.912. The molecule has 9 heteroatoms. The van der Waals surface area contributed by atoms with Crippen molar-refractivity contribution in [2.24, 2.45) is 0 Å². The van der Waals surface area contributed by atoms with Gasteiger partial charge in [0.25, 0.3) is 11.6 Å². The third-order valence-electron chi connectivity index (χ3n) is 3.83. The quantitative estimate of drug-likeness (QED) is 0.296. The fraction of sp³-hybridized carbons (Fsp3) is 0.0588. The molecule has 1 aliphatic heterocycles. The van der Waals surface area contributed by atoms with Crippen molar-refractivity contribution >= 4 is 54.9 Å². The molecule has 0 atom stereocenters. The number of benzene rings is 2. The van der Waals surface area contributed by atoms with Crippen LogP contribution in [-0.2, 0) is 11.2 Å². The van der Waals surface area contributed by atoms with Crippen LogP contribution in [0.25, 0.3) is 0 Å². The summed E-state index contributed by atoms with van der Waals surface area (Å²) in [5, 5.41) is 23.1. The summed E-state index contributed by atoms with van der Waals surface area (Å²) < 4.78 is 0.693. The number of phenols is 1. The highest BCUT2D eigenvalue weighted by atomic mass is 79.9. The summed E-state index contributed by atoms with van der Waals surface area (Å²) >= 11 is 6.31. The second kappa shape index (κ2) is 7.00. The van der Waals surface area contributed by atoms with Gasteiger partial charge in [-0.05, 0) is 61.7 Å². The van der Waals surface area contributed by atoms with E-state index in [0.717, 1.165) is 0 Å². The number of nitrogens with one attached hydrogen (secondary N) is 1. The lowest BCUT2D eigenvalue weighted by molar-refractivity contribution is -0.384. The highest BCUT2D eigenvalue weighted by molar-refractivity contribution is 9.11. The third kappa shape index (κ3) is 3.54. The minimum atomic E-state index is -0.540. The van der Waals surface area contributed by atoms with E-state index >= 15 is 0 Å². The summed E-state index contributed by atoms with van der Waals surface area (Å²) in [7, 11) is 0. The molecule has 2 N–H and O–H groups in total. The number of hydrogen-bond donors (Lipinski definition) is 2. The number of aromatic hydroxyl groups is 1. The molecule has 2 aromatic rings. The molecular formula is C17H10Br2N2O5. The molecule has 3 rings (SSSR count). The number of halogens is 2. The number of non-ortho nitro benzene ring substituents is 1. The molecule has 0 aliphatic carbocycles. The average Bonchev–Trinajstić information content (AvgIpc) is 2.59. The van der Waals surface area contributed by atoms with Crippen LogP contribution in [0, 0.1) is 10.1 Å². The molecule has 0 aromatic heterocycles. The first-order valence-corrected chi connectivity index (χ1v) is 8.86. The maximum atomic E-state index is 12.5. The number of amides is 1. The van der Waals surface area contributed by atoms with Crippen LogP contribution in [0.1, 0.15) is 15.9 Å². The molecule has 132 valence electrons. The van der Waals surface area contributed by atoms with E-state index < -0.39 is 16.6 Å². The van der Waals surface area contributed by atoms with E-state index in [1.165, 1.54) is 30.3 Å². The molecule has 2 aromatic carbocycles. The minimum absolute atomic E-state index is 0.0277. The highest BCUT2D eigenvalue weighted by Gasteiger charge is 2.23. The van der Waals surface area contributed by atoms with Gasteiger partial charge in [-0.2, -0.15) is 0 Å². The van der Waals surface area contributed by atoms with Crippen LogP contribution in [0.5, 0.6) is 5.75 Å². The van der Waals surface area contributed by atoms with Crippen LogP contribution in [-0.4, -0.2) is 21.7 Å². The number of anilines is 1. The van der Waals surface area contributed by atoms with Crippen molar-refractivity contribution in [2.45, 2.75) is 6.42 Å². The molecule has 1 amide bonds. The Morgan fingerprint density at radius 1 is 1.23 bits per heavy atom. The summed E-state index contributed by atoms with van der Waals surface area (Å²) in [4.78, 5) is 35.0. The van der Waals surface area contributed by atoms with Gasteiger partial charge >= 0.3 is 0 Å². The Hall–Kier alpha value is -2.52. The molecule has 0 saturated heterocycles. The molecular weight excluding hydrogens is 472 g/mol. The van der Waals surface area contributed by atoms with E-state index in [0.29, 0.717) is 20.2 Å². The van der Waals surface area contributed by atoms with E-state index in [1.807, 2.05) is 0 Å². The van der Waals surface area contributed by atoms with Gasteiger partial charge in [-0.25, -0.2) is 0 Å². The number of allylic oxidation sites excluding steroid dienone is 1. The average molecular weight is 482 g/mol. The van der Waals surface area contributed by atoms with Crippen molar-refractivity contribution in [3.63, 3.8) is 0 Å². The second-order valence-corrected chi connectivity index (χ2v) is 7.26. The largest absolute Gasteiger partial charge is 0.506 e. The number of rotatable bonds is 3. The standard InChI is InChI=1S/C17H10Br2N2O5/c18-12-4-9(5-13(19)16(12)23)15(22)6-10-3-8-1-2-11(21(25)26)7-14(8)20-17(10)24/h1-2,4-7,23H,3H2,(H,20,24)/b10-6+. The van der Waals surface area contributed by atoms with Crippen molar-refractivity contribution in [1.82, 2.24) is 0 Å². The summed E-state index contributed by atoms with van der Waals surface area (Å²) in [6.07, 6.45) is 1.41.